The number of ether oxygens (including phenoxy) is 2. The van der Waals surface area contributed by atoms with Crippen molar-refractivity contribution in [2.24, 2.45) is 0 Å². The molecule has 1 unspecified atom stereocenters. The number of carbonyl (C=O) groups is 2. The van der Waals surface area contributed by atoms with Crippen LogP contribution in [0.25, 0.3) is 10.9 Å². The van der Waals surface area contributed by atoms with E-state index in [1.165, 1.54) is 11.2 Å². The normalized spacial score (nSPS) is 16.5. The lowest BCUT2D eigenvalue weighted by atomic mass is 9.92. The number of nitrogens with one attached hydrogen (secondary N) is 1. The summed E-state index contributed by atoms with van der Waals surface area (Å²) in [6.07, 6.45) is 3.08. The average molecular weight is 580 g/mol. The highest BCUT2D eigenvalue weighted by molar-refractivity contribution is 6.35. The Labute approximate surface area is 249 Å². The molecule has 0 saturated carbocycles. The number of hydrogen-bond donors (Lipinski definition) is 1. The number of methoxy groups -OCH3 is 1. The maximum absolute atomic E-state index is 13.7. The molecule has 1 N–H and O–H groups in total. The number of fused-ring (bicyclic) bond motifs is 1. The summed E-state index contributed by atoms with van der Waals surface area (Å²) in [5, 5.41) is 4.76. The molecule has 1 aliphatic rings. The highest BCUT2D eigenvalue weighted by atomic mass is 35.5. The molecule has 1 fully saturated rings. The maximum Gasteiger partial charge on any atom is 0.407 e. The van der Waals surface area contributed by atoms with Gasteiger partial charge in [0.05, 0.1) is 0 Å². The third kappa shape index (κ3) is 8.52. The number of hydrogen-bond acceptors (Lipinski definition) is 4. The number of amides is 2. The van der Waals surface area contributed by atoms with Crippen LogP contribution in [0.15, 0.2) is 48.5 Å². The number of nitrogens with zero attached hydrogens (tertiary/aromatic N) is 2. The first-order valence-corrected chi connectivity index (χ1v) is 15.0. The Morgan fingerprint density at radius 3 is 2.63 bits per heavy atom. The van der Waals surface area contributed by atoms with Crippen molar-refractivity contribution in [2.75, 3.05) is 26.8 Å². The quantitative estimate of drug-likeness (QED) is 0.276. The number of benzene rings is 2. The van der Waals surface area contributed by atoms with Crippen molar-refractivity contribution in [1.82, 2.24) is 14.8 Å². The summed E-state index contributed by atoms with van der Waals surface area (Å²) in [5.41, 5.74) is 3.95. The topological polar surface area (TPSA) is 72.8 Å². The average Bonchev–Trinajstić information content (AvgIpc) is 3.29. The Kier molecular flexibility index (Phi) is 10.4. The van der Waals surface area contributed by atoms with Gasteiger partial charge in [-0.15, -0.1) is 0 Å². The minimum atomic E-state index is -0.618. The molecule has 4 rings (SSSR count). The van der Waals surface area contributed by atoms with E-state index in [4.69, 9.17) is 21.1 Å². The Balaban J connectivity index is 1.51. The molecule has 0 bridgehead atoms. The van der Waals surface area contributed by atoms with E-state index in [2.05, 4.69) is 34.1 Å². The van der Waals surface area contributed by atoms with Gasteiger partial charge >= 0.3 is 6.09 Å². The molecule has 2 heterocycles. The lowest BCUT2D eigenvalue weighted by Crippen LogP contribution is -2.46. The standard InChI is InChI=1S/C32H43BClN3O4/c1-32(2,3)41-31(39)35-25(18-22-11-13-24(33)14-12-22)19-30(38)36-15-6-8-23(21-36)29-20-26-27(34)9-5-10-28(26)37(29)16-7-17-40-4/h5,9-14,20,23,25H,6-8,15-19,21,33H2,1-4H3,(H,35,39)/t23?,25-/m1/s1. The molecule has 0 spiro atoms. The molecule has 0 aliphatic carbocycles. The van der Waals surface area contributed by atoms with Crippen molar-refractivity contribution in [3.8, 4) is 0 Å². The highest BCUT2D eigenvalue weighted by Gasteiger charge is 2.30. The zero-order valence-electron chi connectivity index (χ0n) is 25.0. The number of likely N-dealkylation sites (tertiary alicyclic amines) is 1. The fraction of sp³-hybridized carbons (Fsp3) is 0.500. The predicted octanol–water partition coefficient (Wildman–Crippen LogP) is 4.82. The van der Waals surface area contributed by atoms with E-state index < -0.39 is 11.7 Å². The van der Waals surface area contributed by atoms with Crippen molar-refractivity contribution in [3.63, 3.8) is 0 Å². The molecule has 2 amide bonds. The van der Waals surface area contributed by atoms with Crippen LogP contribution in [0.5, 0.6) is 0 Å². The first-order chi connectivity index (χ1) is 19.5. The van der Waals surface area contributed by atoms with Gasteiger partial charge in [-0.3, -0.25) is 4.79 Å². The zero-order chi connectivity index (χ0) is 29.6. The Morgan fingerprint density at radius 2 is 1.93 bits per heavy atom. The van der Waals surface area contributed by atoms with Gasteiger partial charge in [0.2, 0.25) is 5.91 Å². The third-order valence-corrected chi connectivity index (χ3v) is 7.92. The SMILES string of the molecule is Bc1ccc(C[C@H](CC(=O)N2CCCC(c3cc4c(Cl)cccc4n3CCCOC)C2)NC(=O)OC(C)(C)C)cc1. The number of carbonyl (C=O) groups excluding carboxylic acids is 2. The molecule has 7 nitrogen and oxygen atoms in total. The number of piperidine rings is 1. The molecule has 2 atom stereocenters. The second-order valence-corrected chi connectivity index (χ2v) is 12.6. The maximum atomic E-state index is 13.7. The van der Waals surface area contributed by atoms with Crippen molar-refractivity contribution in [2.45, 2.75) is 77.0 Å². The number of aryl methyl sites for hydroxylation is 1. The van der Waals surface area contributed by atoms with Gasteiger partial charge in [-0.2, -0.15) is 0 Å². The number of halogens is 1. The van der Waals surface area contributed by atoms with Gasteiger partial charge in [-0.25, -0.2) is 4.79 Å². The molecule has 0 radical (unpaired) electrons. The summed E-state index contributed by atoms with van der Waals surface area (Å²) in [6.45, 7) is 8.37. The smallest absolute Gasteiger partial charge is 0.407 e. The van der Waals surface area contributed by atoms with Gasteiger partial charge in [0.1, 0.15) is 13.4 Å². The number of alkyl carbamates (subject to hydrolysis) is 1. The lowest BCUT2D eigenvalue weighted by molar-refractivity contribution is -0.132. The van der Waals surface area contributed by atoms with Gasteiger partial charge in [0, 0.05) is 73.4 Å². The molecule has 1 aromatic heterocycles. The van der Waals surface area contributed by atoms with Crippen LogP contribution >= 0.6 is 11.6 Å². The minimum absolute atomic E-state index is 0.0444. The van der Waals surface area contributed by atoms with Gasteiger partial charge in [-0.05, 0) is 70.2 Å². The van der Waals surface area contributed by atoms with E-state index >= 15 is 0 Å². The minimum Gasteiger partial charge on any atom is -0.444 e. The second kappa shape index (κ2) is 13.8. The van der Waals surface area contributed by atoms with Crippen molar-refractivity contribution in [1.29, 1.82) is 0 Å². The van der Waals surface area contributed by atoms with Crippen molar-refractivity contribution >= 4 is 47.8 Å². The van der Waals surface area contributed by atoms with Crippen LogP contribution in [0.3, 0.4) is 0 Å². The lowest BCUT2D eigenvalue weighted by Gasteiger charge is -2.34. The fourth-order valence-electron chi connectivity index (χ4n) is 5.67. The van der Waals surface area contributed by atoms with Crippen LogP contribution < -0.4 is 10.8 Å². The van der Waals surface area contributed by atoms with Crippen molar-refractivity contribution < 1.29 is 19.1 Å². The molecule has 1 saturated heterocycles. The summed E-state index contributed by atoms with van der Waals surface area (Å²) < 4.78 is 13.2. The first kappa shape index (κ1) is 31.0. The second-order valence-electron chi connectivity index (χ2n) is 12.2. The zero-order valence-corrected chi connectivity index (χ0v) is 25.8. The van der Waals surface area contributed by atoms with E-state index in [0.717, 1.165) is 47.3 Å². The molecular weight excluding hydrogens is 537 g/mol. The van der Waals surface area contributed by atoms with Gasteiger partial charge < -0.3 is 24.3 Å². The summed E-state index contributed by atoms with van der Waals surface area (Å²) in [7, 11) is 3.77. The molecule has 3 aromatic rings. The van der Waals surface area contributed by atoms with E-state index in [-0.39, 0.29) is 24.3 Å². The van der Waals surface area contributed by atoms with E-state index in [9.17, 15) is 9.59 Å². The van der Waals surface area contributed by atoms with Crippen LogP contribution in [0, 0.1) is 0 Å². The monoisotopic (exact) mass is 579 g/mol. The Morgan fingerprint density at radius 1 is 1.17 bits per heavy atom. The predicted molar refractivity (Wildman–Crippen MR) is 168 cm³/mol. The first-order valence-electron chi connectivity index (χ1n) is 14.6. The summed E-state index contributed by atoms with van der Waals surface area (Å²) >= 11 is 6.59. The molecule has 41 heavy (non-hydrogen) atoms. The molecule has 220 valence electrons. The number of rotatable bonds is 10. The fourth-order valence-corrected chi connectivity index (χ4v) is 5.89. The van der Waals surface area contributed by atoms with Gasteiger partial charge in [0.25, 0.3) is 0 Å². The molecule has 9 heteroatoms. The van der Waals surface area contributed by atoms with Crippen LogP contribution in [0.2, 0.25) is 5.02 Å². The van der Waals surface area contributed by atoms with E-state index in [1.807, 2.05) is 57.8 Å². The summed E-state index contributed by atoms with van der Waals surface area (Å²) in [6, 6.07) is 16.1. The van der Waals surface area contributed by atoms with Crippen LogP contribution in [0.4, 0.5) is 4.79 Å². The highest BCUT2D eigenvalue weighted by Crippen LogP contribution is 2.35. The van der Waals surface area contributed by atoms with Crippen LogP contribution in [0.1, 0.15) is 63.6 Å². The Hall–Kier alpha value is -2.97. The third-order valence-electron chi connectivity index (χ3n) is 7.59. The van der Waals surface area contributed by atoms with Crippen LogP contribution in [-0.4, -0.2) is 67.8 Å². The number of aromatic nitrogens is 1. The largest absolute Gasteiger partial charge is 0.444 e. The van der Waals surface area contributed by atoms with E-state index in [0.29, 0.717) is 26.1 Å². The van der Waals surface area contributed by atoms with Gasteiger partial charge in [-0.1, -0.05) is 47.4 Å². The van der Waals surface area contributed by atoms with Crippen LogP contribution in [-0.2, 0) is 27.2 Å². The molecule has 2 aromatic carbocycles. The van der Waals surface area contributed by atoms with E-state index in [1.54, 1.807) is 7.11 Å². The molecular formula is C32H43BClN3O4. The van der Waals surface area contributed by atoms with Crippen molar-refractivity contribution in [3.05, 3.63) is 64.8 Å². The Bertz CT molecular complexity index is 1340. The summed E-state index contributed by atoms with van der Waals surface area (Å²) in [5.74, 6) is 0.246. The molecule has 1 aliphatic heterocycles. The summed E-state index contributed by atoms with van der Waals surface area (Å²) in [4.78, 5) is 28.4. The van der Waals surface area contributed by atoms with Gasteiger partial charge in [0.15, 0.2) is 0 Å².